The van der Waals surface area contributed by atoms with E-state index in [0.717, 1.165) is 12.5 Å². The smallest absolute Gasteiger partial charge is 0.150 e. The van der Waals surface area contributed by atoms with Crippen molar-refractivity contribution in [2.24, 2.45) is 11.7 Å². The molecule has 2 N–H and O–H groups in total. The van der Waals surface area contributed by atoms with Gasteiger partial charge in [-0.15, -0.1) is 0 Å². The first-order valence-electron chi connectivity index (χ1n) is 7.67. The molecule has 0 saturated carbocycles. The molecule has 0 atom stereocenters. The van der Waals surface area contributed by atoms with Crippen molar-refractivity contribution in [3.8, 4) is 0 Å². The van der Waals surface area contributed by atoms with Crippen LogP contribution in [0.4, 0.5) is 0 Å². The zero-order valence-corrected chi connectivity index (χ0v) is 13.7. The van der Waals surface area contributed by atoms with Gasteiger partial charge in [-0.05, 0) is 58.8 Å². The Balaban J connectivity index is 1.94. The van der Waals surface area contributed by atoms with Gasteiger partial charge in [-0.2, -0.15) is 0 Å². The van der Waals surface area contributed by atoms with Gasteiger partial charge in [0.25, 0.3) is 0 Å². The lowest BCUT2D eigenvalue weighted by molar-refractivity contribution is 0.0769. The lowest BCUT2D eigenvalue weighted by atomic mass is 9.88. The number of hydrogen-bond acceptors (Lipinski definition) is 5. The Morgan fingerprint density at radius 3 is 2.30 bits per heavy atom. The molecule has 2 aliphatic rings. The van der Waals surface area contributed by atoms with E-state index in [-0.39, 0.29) is 5.54 Å². The molecular weight excluding hydrogens is 274 g/mol. The van der Waals surface area contributed by atoms with E-state index in [1.165, 1.54) is 25.9 Å². The molecule has 2 heterocycles. The molecule has 0 radical (unpaired) electrons. The summed E-state index contributed by atoms with van der Waals surface area (Å²) in [5.74, 6) is 1.31. The highest BCUT2D eigenvalue weighted by Gasteiger charge is 2.40. The average molecular weight is 303 g/mol. The molecule has 118 valence electrons. The van der Waals surface area contributed by atoms with Gasteiger partial charge in [0.2, 0.25) is 0 Å². The van der Waals surface area contributed by atoms with E-state index in [4.69, 9.17) is 5.73 Å². The second-order valence-electron chi connectivity index (χ2n) is 6.71. The van der Waals surface area contributed by atoms with E-state index in [1.807, 2.05) is 0 Å². The summed E-state index contributed by atoms with van der Waals surface area (Å²) >= 11 is 0. The van der Waals surface area contributed by atoms with Crippen molar-refractivity contribution in [2.75, 3.05) is 51.8 Å². The molecule has 0 bridgehead atoms. The Morgan fingerprint density at radius 1 is 1.25 bits per heavy atom. The van der Waals surface area contributed by atoms with Crippen LogP contribution < -0.4 is 5.73 Å². The van der Waals surface area contributed by atoms with E-state index in [9.17, 15) is 8.42 Å². The van der Waals surface area contributed by atoms with Gasteiger partial charge in [0.15, 0.2) is 0 Å². The minimum Gasteiger partial charge on any atom is -0.329 e. The minimum absolute atomic E-state index is 0.103. The fourth-order valence-corrected chi connectivity index (χ4v) is 5.07. The third-order valence-corrected chi connectivity index (χ3v) is 6.97. The van der Waals surface area contributed by atoms with Crippen molar-refractivity contribution < 1.29 is 8.42 Å². The van der Waals surface area contributed by atoms with Gasteiger partial charge in [0, 0.05) is 18.6 Å². The molecule has 2 fully saturated rings. The van der Waals surface area contributed by atoms with Crippen molar-refractivity contribution in [3.05, 3.63) is 0 Å². The van der Waals surface area contributed by atoms with Gasteiger partial charge in [-0.25, -0.2) is 8.42 Å². The maximum absolute atomic E-state index is 11.6. The highest BCUT2D eigenvalue weighted by Crippen LogP contribution is 2.30. The van der Waals surface area contributed by atoms with E-state index in [1.54, 1.807) is 0 Å². The molecule has 0 aromatic carbocycles. The summed E-state index contributed by atoms with van der Waals surface area (Å²) in [5, 5.41) is 0. The van der Waals surface area contributed by atoms with Crippen molar-refractivity contribution >= 4 is 9.84 Å². The molecular formula is C14H29N3O2S. The number of nitrogens with zero attached hydrogens (tertiary/aromatic N) is 2. The molecule has 6 heteroatoms. The lowest BCUT2D eigenvalue weighted by Gasteiger charge is -2.45. The minimum atomic E-state index is -2.83. The molecule has 0 aromatic heterocycles. The van der Waals surface area contributed by atoms with Crippen LogP contribution in [0.2, 0.25) is 0 Å². The normalized spacial score (nSPS) is 27.8. The Labute approximate surface area is 123 Å². The first kappa shape index (κ1) is 16.2. The zero-order chi connectivity index (χ0) is 14.8. The summed E-state index contributed by atoms with van der Waals surface area (Å²) in [6.07, 6.45) is 3.85. The molecule has 0 spiro atoms. The summed E-state index contributed by atoms with van der Waals surface area (Å²) in [5.41, 5.74) is 5.91. The number of rotatable bonds is 4. The highest BCUT2D eigenvalue weighted by molar-refractivity contribution is 7.91. The first-order valence-corrected chi connectivity index (χ1v) is 9.49. The quantitative estimate of drug-likeness (QED) is 0.802. The van der Waals surface area contributed by atoms with Crippen LogP contribution in [0.15, 0.2) is 0 Å². The Kier molecular flexibility index (Phi) is 5.10. The third-order valence-electron chi connectivity index (χ3n) is 5.32. The zero-order valence-electron chi connectivity index (χ0n) is 12.8. The highest BCUT2D eigenvalue weighted by atomic mass is 32.2. The predicted octanol–water partition coefficient (Wildman–Crippen LogP) is 0.166. The standard InChI is InChI=1S/C14H29N3O2S/c1-16-7-3-13(4-8-16)11-17(2)14(12-15)5-9-20(18,19)10-6-14/h13H,3-12,15H2,1-2H3. The summed E-state index contributed by atoms with van der Waals surface area (Å²) in [7, 11) is 1.48. The van der Waals surface area contributed by atoms with E-state index in [2.05, 4.69) is 23.9 Å². The molecule has 20 heavy (non-hydrogen) atoms. The van der Waals surface area contributed by atoms with Crippen LogP contribution in [0.25, 0.3) is 0 Å². The predicted molar refractivity (Wildman–Crippen MR) is 82.5 cm³/mol. The SMILES string of the molecule is CN1CCC(CN(C)C2(CN)CCS(=O)(=O)CC2)CC1. The average Bonchev–Trinajstić information content (AvgIpc) is 2.42. The maximum atomic E-state index is 11.6. The fourth-order valence-electron chi connectivity index (χ4n) is 3.49. The number of sulfone groups is 1. The van der Waals surface area contributed by atoms with Crippen LogP contribution in [0.3, 0.4) is 0 Å². The van der Waals surface area contributed by atoms with E-state index < -0.39 is 9.84 Å². The molecule has 0 unspecified atom stereocenters. The van der Waals surface area contributed by atoms with Crippen molar-refractivity contribution in [3.63, 3.8) is 0 Å². The van der Waals surface area contributed by atoms with E-state index in [0.29, 0.717) is 30.9 Å². The number of piperidine rings is 1. The summed E-state index contributed by atoms with van der Waals surface area (Å²) < 4.78 is 23.3. The Hall–Kier alpha value is -0.170. The molecule has 0 amide bonds. The largest absolute Gasteiger partial charge is 0.329 e. The van der Waals surface area contributed by atoms with Crippen LogP contribution in [0.1, 0.15) is 25.7 Å². The monoisotopic (exact) mass is 303 g/mol. The fraction of sp³-hybridized carbons (Fsp3) is 1.00. The van der Waals surface area contributed by atoms with Crippen molar-refractivity contribution in [2.45, 2.75) is 31.2 Å². The first-order chi connectivity index (χ1) is 9.37. The van der Waals surface area contributed by atoms with Crippen LogP contribution >= 0.6 is 0 Å². The second kappa shape index (κ2) is 6.30. The van der Waals surface area contributed by atoms with Crippen molar-refractivity contribution in [1.82, 2.24) is 9.80 Å². The summed E-state index contributed by atoms with van der Waals surface area (Å²) in [4.78, 5) is 4.74. The third kappa shape index (κ3) is 3.72. The summed E-state index contributed by atoms with van der Waals surface area (Å²) in [6, 6.07) is 0. The van der Waals surface area contributed by atoms with Gasteiger partial charge in [0.1, 0.15) is 9.84 Å². The number of likely N-dealkylation sites (tertiary alicyclic amines) is 1. The molecule has 2 saturated heterocycles. The van der Waals surface area contributed by atoms with Gasteiger partial charge >= 0.3 is 0 Å². The molecule has 0 aromatic rings. The molecule has 0 aliphatic carbocycles. The number of likely N-dealkylation sites (N-methyl/N-ethyl adjacent to an activating group) is 1. The molecule has 5 nitrogen and oxygen atoms in total. The Morgan fingerprint density at radius 2 is 1.80 bits per heavy atom. The second-order valence-corrected chi connectivity index (χ2v) is 9.01. The topological polar surface area (TPSA) is 66.6 Å². The van der Waals surface area contributed by atoms with Crippen LogP contribution in [-0.2, 0) is 9.84 Å². The van der Waals surface area contributed by atoms with Crippen LogP contribution in [0.5, 0.6) is 0 Å². The maximum Gasteiger partial charge on any atom is 0.150 e. The van der Waals surface area contributed by atoms with Crippen molar-refractivity contribution in [1.29, 1.82) is 0 Å². The summed E-state index contributed by atoms with van der Waals surface area (Å²) in [6.45, 7) is 3.95. The van der Waals surface area contributed by atoms with Gasteiger partial charge < -0.3 is 10.6 Å². The number of hydrogen-bond donors (Lipinski definition) is 1. The molecule has 2 aliphatic heterocycles. The van der Waals surface area contributed by atoms with Gasteiger partial charge in [-0.3, -0.25) is 4.90 Å². The number of nitrogens with two attached hydrogens (primary N) is 1. The van der Waals surface area contributed by atoms with Crippen LogP contribution in [0, 0.1) is 5.92 Å². The molecule has 2 rings (SSSR count). The van der Waals surface area contributed by atoms with E-state index >= 15 is 0 Å². The van der Waals surface area contributed by atoms with Gasteiger partial charge in [0.05, 0.1) is 11.5 Å². The Bertz CT molecular complexity index is 402. The van der Waals surface area contributed by atoms with Crippen LogP contribution in [-0.4, -0.2) is 75.5 Å². The lowest BCUT2D eigenvalue weighted by Crippen LogP contribution is -2.57. The van der Waals surface area contributed by atoms with Gasteiger partial charge in [-0.1, -0.05) is 0 Å².